The van der Waals surface area contributed by atoms with Gasteiger partial charge in [-0.05, 0) is 43.7 Å². The first-order valence-corrected chi connectivity index (χ1v) is 13.2. The zero-order valence-corrected chi connectivity index (χ0v) is 22.7. The summed E-state index contributed by atoms with van der Waals surface area (Å²) in [5, 5.41) is 14.9. The van der Waals surface area contributed by atoms with Crippen LogP contribution < -0.4 is 20.5 Å². The number of aromatic nitrogens is 1. The van der Waals surface area contributed by atoms with Crippen LogP contribution in [-0.2, 0) is 19.3 Å². The maximum Gasteiger partial charge on any atom is 0.416 e. The van der Waals surface area contributed by atoms with Gasteiger partial charge in [0.05, 0.1) is 27.6 Å². The predicted octanol–water partition coefficient (Wildman–Crippen LogP) is 7.17. The van der Waals surface area contributed by atoms with Gasteiger partial charge in [-0.3, -0.25) is 0 Å². The van der Waals surface area contributed by atoms with Gasteiger partial charge in [0, 0.05) is 18.2 Å². The predicted molar refractivity (Wildman–Crippen MR) is 139 cm³/mol. The third-order valence-electron chi connectivity index (χ3n) is 6.08. The van der Waals surface area contributed by atoms with Crippen LogP contribution in [0.3, 0.4) is 0 Å². The number of nitrogens with zero attached hydrogens (tertiary/aromatic N) is 2. The Morgan fingerprint density at radius 1 is 1.10 bits per heavy atom. The highest BCUT2D eigenvalue weighted by molar-refractivity contribution is 7.15. The molecule has 1 aromatic heterocycles. The number of ether oxygens (including phenoxy) is 2. The summed E-state index contributed by atoms with van der Waals surface area (Å²) in [6.07, 6.45) is -9.10. The van der Waals surface area contributed by atoms with Gasteiger partial charge in [-0.1, -0.05) is 24.2 Å². The van der Waals surface area contributed by atoms with Crippen molar-refractivity contribution in [1.29, 1.82) is 0 Å². The van der Waals surface area contributed by atoms with Crippen molar-refractivity contribution >= 4 is 17.2 Å². The number of halogens is 8. The van der Waals surface area contributed by atoms with Crippen molar-refractivity contribution in [3.63, 3.8) is 0 Å². The molecule has 1 unspecified atom stereocenters. The van der Waals surface area contributed by atoms with Crippen molar-refractivity contribution in [1.82, 2.24) is 10.3 Å². The van der Waals surface area contributed by atoms with Gasteiger partial charge in [-0.2, -0.15) is 35.1 Å². The van der Waals surface area contributed by atoms with Crippen molar-refractivity contribution in [2.24, 2.45) is 16.8 Å². The molecule has 1 heterocycles. The van der Waals surface area contributed by atoms with E-state index in [1.54, 1.807) is 0 Å². The Morgan fingerprint density at radius 3 is 2.36 bits per heavy atom. The number of alkyl halides is 8. The number of benzene rings is 2. The van der Waals surface area contributed by atoms with Gasteiger partial charge in [0.25, 0.3) is 0 Å². The van der Waals surface area contributed by atoms with Crippen LogP contribution in [0.1, 0.15) is 41.5 Å². The average molecular weight is 627 g/mol. The Labute approximate surface area is 239 Å². The molecule has 0 aliphatic heterocycles. The van der Waals surface area contributed by atoms with Gasteiger partial charge >= 0.3 is 19.0 Å². The Balaban J connectivity index is 1.83. The number of oxime groups is 1. The quantitative estimate of drug-likeness (QED) is 0.0465. The summed E-state index contributed by atoms with van der Waals surface area (Å²) in [6.45, 7) is -1.89. The lowest BCUT2D eigenvalue weighted by atomic mass is 10.0. The maximum atomic E-state index is 13.1. The Bertz CT molecular complexity index is 1340. The fraction of sp³-hybridized carbons (Fsp3) is 0.385. The number of hydrogen-bond donors (Lipinski definition) is 3. The summed E-state index contributed by atoms with van der Waals surface area (Å²) in [5.74, 6) is -2.34. The Kier molecular flexibility index (Phi) is 11.0. The van der Waals surface area contributed by atoms with E-state index >= 15 is 0 Å². The zero-order chi connectivity index (χ0) is 31.1. The monoisotopic (exact) mass is 626 g/mol. The standard InChI is InChI=1S/C26H26F8N4O3S/c1-2-15(25(29,30)31)9-10-36-12-19-21(42-23(37-19)14-3-5-16(6-4-14)26(32,33)34)13-40-17-7-8-18(22(35)38-39)20(11-17)41-24(27)28/h3-8,11,15,24,36,39H,2,9-10,12-13H2,1H3,(H2,35,38). The minimum Gasteiger partial charge on any atom is -0.488 e. The largest absolute Gasteiger partial charge is 0.488 e. The molecule has 42 heavy (non-hydrogen) atoms. The topological polar surface area (TPSA) is 102 Å². The van der Waals surface area contributed by atoms with E-state index in [0.717, 1.165) is 29.5 Å². The number of nitrogens with one attached hydrogen (secondary N) is 1. The van der Waals surface area contributed by atoms with Gasteiger partial charge < -0.3 is 25.7 Å². The third-order valence-corrected chi connectivity index (χ3v) is 7.20. The van der Waals surface area contributed by atoms with Gasteiger partial charge in [0.2, 0.25) is 0 Å². The van der Waals surface area contributed by atoms with Crippen LogP contribution in [0.25, 0.3) is 10.6 Å². The molecule has 0 aliphatic rings. The lowest BCUT2D eigenvalue weighted by Crippen LogP contribution is -2.27. The van der Waals surface area contributed by atoms with Crippen molar-refractivity contribution in [3.8, 4) is 22.1 Å². The second-order valence-electron chi connectivity index (χ2n) is 8.89. The van der Waals surface area contributed by atoms with Gasteiger partial charge in [0.1, 0.15) is 23.1 Å². The second-order valence-corrected chi connectivity index (χ2v) is 9.97. The summed E-state index contributed by atoms with van der Waals surface area (Å²) < 4.78 is 114. The molecule has 0 bridgehead atoms. The van der Waals surface area contributed by atoms with Crippen LogP contribution in [0.4, 0.5) is 35.1 Å². The third kappa shape index (κ3) is 8.92. The number of thiazole rings is 1. The van der Waals surface area contributed by atoms with E-state index < -0.39 is 42.0 Å². The zero-order valence-electron chi connectivity index (χ0n) is 21.9. The molecule has 3 rings (SSSR count). The maximum absolute atomic E-state index is 13.1. The van der Waals surface area contributed by atoms with Crippen LogP contribution in [0.15, 0.2) is 47.6 Å². The fourth-order valence-corrected chi connectivity index (χ4v) is 4.84. The minimum atomic E-state index is -4.53. The molecule has 0 saturated heterocycles. The van der Waals surface area contributed by atoms with E-state index in [9.17, 15) is 35.1 Å². The van der Waals surface area contributed by atoms with Crippen molar-refractivity contribution in [3.05, 3.63) is 64.2 Å². The Morgan fingerprint density at radius 2 is 1.79 bits per heavy atom. The summed E-state index contributed by atoms with van der Waals surface area (Å²) in [4.78, 5) is 4.95. The van der Waals surface area contributed by atoms with Crippen LogP contribution in [0.2, 0.25) is 0 Å². The van der Waals surface area contributed by atoms with Gasteiger partial charge in [0.15, 0.2) is 5.84 Å². The fourth-order valence-electron chi connectivity index (χ4n) is 3.84. The first-order valence-electron chi connectivity index (χ1n) is 12.4. The molecule has 0 radical (unpaired) electrons. The van der Waals surface area contributed by atoms with E-state index in [2.05, 4.69) is 20.2 Å². The molecule has 0 amide bonds. The minimum absolute atomic E-state index is 0.0229. The molecule has 0 fully saturated rings. The first-order chi connectivity index (χ1) is 19.7. The highest BCUT2D eigenvalue weighted by Crippen LogP contribution is 2.35. The second kappa shape index (κ2) is 14.0. The average Bonchev–Trinajstić information content (AvgIpc) is 3.33. The van der Waals surface area contributed by atoms with Gasteiger partial charge in [-0.15, -0.1) is 11.3 Å². The van der Waals surface area contributed by atoms with E-state index in [1.165, 1.54) is 31.2 Å². The lowest BCUT2D eigenvalue weighted by molar-refractivity contribution is -0.176. The van der Waals surface area contributed by atoms with Crippen molar-refractivity contribution < 1.29 is 49.8 Å². The van der Waals surface area contributed by atoms with Crippen LogP contribution in [-0.4, -0.2) is 35.4 Å². The number of nitrogens with two attached hydrogens (primary N) is 1. The van der Waals surface area contributed by atoms with Crippen molar-refractivity contribution in [2.45, 2.75) is 51.9 Å². The van der Waals surface area contributed by atoms with E-state index in [-0.39, 0.29) is 43.9 Å². The summed E-state index contributed by atoms with van der Waals surface area (Å²) in [5.41, 5.74) is 5.29. The van der Waals surface area contributed by atoms with Gasteiger partial charge in [-0.25, -0.2) is 4.98 Å². The molecule has 0 spiro atoms. The summed E-state index contributed by atoms with van der Waals surface area (Å²) in [6, 6.07) is 7.98. The lowest BCUT2D eigenvalue weighted by Gasteiger charge is -2.18. The SMILES string of the molecule is CCC(CCNCc1nc(-c2ccc(C(F)(F)F)cc2)sc1COc1ccc(C(N)=NO)c(OC(F)F)c1)C(F)(F)F. The van der Waals surface area contributed by atoms with E-state index in [4.69, 9.17) is 15.7 Å². The smallest absolute Gasteiger partial charge is 0.416 e. The van der Waals surface area contributed by atoms with Crippen LogP contribution in [0.5, 0.6) is 11.5 Å². The number of amidine groups is 1. The Hall–Kier alpha value is -3.66. The number of hydrogen-bond acceptors (Lipinski definition) is 7. The normalized spacial score (nSPS) is 13.4. The van der Waals surface area contributed by atoms with E-state index in [0.29, 0.717) is 21.1 Å². The molecule has 16 heteroatoms. The molecule has 0 saturated carbocycles. The molecular formula is C26H26F8N4O3S. The molecule has 7 nitrogen and oxygen atoms in total. The molecule has 1 atom stereocenters. The molecule has 0 aliphatic carbocycles. The molecule has 3 aromatic rings. The number of rotatable bonds is 13. The summed E-state index contributed by atoms with van der Waals surface area (Å²) in [7, 11) is 0. The van der Waals surface area contributed by atoms with Crippen LogP contribution >= 0.6 is 11.3 Å². The molecule has 2 aromatic carbocycles. The first kappa shape index (κ1) is 32.8. The van der Waals surface area contributed by atoms with Crippen LogP contribution in [0, 0.1) is 5.92 Å². The molecule has 230 valence electrons. The molecule has 4 N–H and O–H groups in total. The highest BCUT2D eigenvalue weighted by Gasteiger charge is 2.37. The summed E-state index contributed by atoms with van der Waals surface area (Å²) >= 11 is 1.08. The van der Waals surface area contributed by atoms with Crippen molar-refractivity contribution in [2.75, 3.05) is 6.54 Å². The molecular weight excluding hydrogens is 600 g/mol. The van der Waals surface area contributed by atoms with E-state index in [1.807, 2.05) is 0 Å². The highest BCUT2D eigenvalue weighted by atomic mass is 32.1.